The molecule has 2 saturated heterocycles. The van der Waals surface area contributed by atoms with Gasteiger partial charge in [0, 0.05) is 50.7 Å². The summed E-state index contributed by atoms with van der Waals surface area (Å²) in [4.78, 5) is 16.4. The molecule has 0 aliphatic carbocycles. The third-order valence-corrected chi connectivity index (χ3v) is 5.98. The zero-order chi connectivity index (χ0) is 19.0. The van der Waals surface area contributed by atoms with Gasteiger partial charge in [0.2, 0.25) is 0 Å². The van der Waals surface area contributed by atoms with Gasteiger partial charge in [-0.15, -0.1) is 0 Å². The van der Waals surface area contributed by atoms with Crippen LogP contribution in [0, 0.1) is 18.3 Å². The molecule has 4 rings (SSSR count). The number of aliphatic carboxylic acids is 1. The van der Waals surface area contributed by atoms with E-state index < -0.39 is 11.4 Å². The predicted molar refractivity (Wildman–Crippen MR) is 101 cm³/mol. The fourth-order valence-corrected chi connectivity index (χ4v) is 4.63. The van der Waals surface area contributed by atoms with Crippen molar-refractivity contribution in [3.05, 3.63) is 47.7 Å². The van der Waals surface area contributed by atoms with Gasteiger partial charge in [0.05, 0.1) is 12.0 Å². The minimum absolute atomic E-state index is 0.0771. The number of carboxylic acid groups (broad SMARTS) is 1. The third-order valence-electron chi connectivity index (χ3n) is 5.98. The summed E-state index contributed by atoms with van der Waals surface area (Å²) in [5, 5.41) is 19.0. The molecule has 2 N–H and O–H groups in total. The van der Waals surface area contributed by atoms with Crippen molar-refractivity contribution >= 4 is 5.97 Å². The van der Waals surface area contributed by atoms with Gasteiger partial charge in [0.15, 0.2) is 0 Å². The van der Waals surface area contributed by atoms with Gasteiger partial charge in [-0.2, -0.15) is 0 Å². The lowest BCUT2D eigenvalue weighted by molar-refractivity contribution is -0.149. The number of hydrogen-bond donors (Lipinski definition) is 2. The molecule has 2 atom stereocenters. The van der Waals surface area contributed by atoms with E-state index in [1.54, 1.807) is 0 Å². The van der Waals surface area contributed by atoms with Gasteiger partial charge in [-0.05, 0) is 24.6 Å². The molecule has 0 spiro atoms. The van der Waals surface area contributed by atoms with Crippen LogP contribution in [0.25, 0.3) is 11.3 Å². The van der Waals surface area contributed by atoms with Crippen molar-refractivity contribution in [1.82, 2.24) is 9.80 Å². The maximum absolute atomic E-state index is 12.0. The summed E-state index contributed by atoms with van der Waals surface area (Å²) >= 11 is 0. The van der Waals surface area contributed by atoms with Crippen LogP contribution in [0.4, 0.5) is 0 Å². The van der Waals surface area contributed by atoms with Crippen LogP contribution in [0.5, 0.6) is 0 Å². The molecule has 0 amide bonds. The topological polar surface area (TPSA) is 77.2 Å². The Balaban J connectivity index is 1.43. The zero-order valence-corrected chi connectivity index (χ0v) is 15.6. The highest BCUT2D eigenvalue weighted by Crippen LogP contribution is 2.43. The number of β-amino-alcohol motifs (C(OH)–C–C–N with tert-alkyl or cyclic N) is 1. The standard InChI is InChI=1S/C21H26N2O4/c1-15-2-7-19(27-15)17-5-3-16(4-6-17)10-23-12-18-11-22(8-9-24)13-21(18,14-23)20(25)26/h2-7,18,24H,8-14H2,1H3,(H,25,26)/t18-,21-/m1/s1. The number of aliphatic hydroxyl groups is 1. The Morgan fingerprint density at radius 1 is 1.15 bits per heavy atom. The summed E-state index contributed by atoms with van der Waals surface area (Å²) in [5.74, 6) is 1.17. The van der Waals surface area contributed by atoms with Crippen LogP contribution in [0.2, 0.25) is 0 Å². The summed E-state index contributed by atoms with van der Waals surface area (Å²) in [6, 6.07) is 12.2. The normalized spacial score (nSPS) is 25.8. The Morgan fingerprint density at radius 2 is 1.85 bits per heavy atom. The third kappa shape index (κ3) is 3.40. The van der Waals surface area contributed by atoms with Gasteiger partial charge in [-0.25, -0.2) is 0 Å². The van der Waals surface area contributed by atoms with Gasteiger partial charge in [-0.3, -0.25) is 14.6 Å². The van der Waals surface area contributed by atoms with E-state index in [1.807, 2.05) is 19.1 Å². The summed E-state index contributed by atoms with van der Waals surface area (Å²) in [5.41, 5.74) is 1.52. The molecule has 2 aliphatic heterocycles. The zero-order valence-electron chi connectivity index (χ0n) is 15.6. The maximum atomic E-state index is 12.0. The largest absolute Gasteiger partial charge is 0.481 e. The van der Waals surface area contributed by atoms with Gasteiger partial charge in [0.25, 0.3) is 0 Å². The molecule has 0 radical (unpaired) electrons. The molecule has 0 bridgehead atoms. The highest BCUT2D eigenvalue weighted by molar-refractivity contribution is 5.77. The minimum Gasteiger partial charge on any atom is -0.481 e. The highest BCUT2D eigenvalue weighted by atomic mass is 16.4. The van der Waals surface area contributed by atoms with Gasteiger partial charge in [-0.1, -0.05) is 24.3 Å². The van der Waals surface area contributed by atoms with E-state index in [9.17, 15) is 9.90 Å². The second kappa shape index (κ2) is 7.11. The van der Waals surface area contributed by atoms with Crippen molar-refractivity contribution in [1.29, 1.82) is 0 Å². The fraction of sp³-hybridized carbons (Fsp3) is 0.476. The smallest absolute Gasteiger partial charge is 0.312 e. The SMILES string of the molecule is Cc1ccc(-c2ccc(CN3C[C@H]4CN(CCO)C[C@@]4(C(=O)O)C3)cc2)o1. The van der Waals surface area contributed by atoms with Gasteiger partial charge >= 0.3 is 5.97 Å². The number of fused-ring (bicyclic) bond motifs is 1. The molecule has 144 valence electrons. The Bertz CT molecular complexity index is 816. The Kier molecular flexibility index (Phi) is 4.80. The first-order chi connectivity index (χ1) is 13.0. The van der Waals surface area contributed by atoms with E-state index in [2.05, 4.69) is 34.1 Å². The molecule has 0 saturated carbocycles. The summed E-state index contributed by atoms with van der Waals surface area (Å²) in [6.45, 7) is 5.94. The summed E-state index contributed by atoms with van der Waals surface area (Å²) in [7, 11) is 0. The van der Waals surface area contributed by atoms with E-state index in [4.69, 9.17) is 9.52 Å². The number of likely N-dealkylation sites (tertiary alicyclic amines) is 2. The molecule has 1 aromatic heterocycles. The maximum Gasteiger partial charge on any atom is 0.312 e. The second-order valence-corrected chi connectivity index (χ2v) is 7.89. The van der Waals surface area contributed by atoms with Crippen molar-refractivity contribution in [2.24, 2.45) is 11.3 Å². The van der Waals surface area contributed by atoms with Crippen molar-refractivity contribution in [2.45, 2.75) is 13.5 Å². The number of carbonyl (C=O) groups is 1. The van der Waals surface area contributed by atoms with Crippen LogP contribution in [0.15, 0.2) is 40.8 Å². The first-order valence-corrected chi connectivity index (χ1v) is 9.45. The molecule has 1 aromatic carbocycles. The van der Waals surface area contributed by atoms with Crippen molar-refractivity contribution < 1.29 is 19.4 Å². The molecule has 2 fully saturated rings. The number of carboxylic acids is 1. The number of aliphatic hydroxyl groups excluding tert-OH is 1. The fourth-order valence-electron chi connectivity index (χ4n) is 4.63. The van der Waals surface area contributed by atoms with Crippen LogP contribution in [0.3, 0.4) is 0 Å². The predicted octanol–water partition coefficient (Wildman–Crippen LogP) is 2.07. The molecular weight excluding hydrogens is 344 g/mol. The molecule has 0 unspecified atom stereocenters. The van der Waals surface area contributed by atoms with Crippen molar-refractivity contribution in [3.8, 4) is 11.3 Å². The van der Waals surface area contributed by atoms with E-state index in [-0.39, 0.29) is 12.5 Å². The number of nitrogens with zero attached hydrogens (tertiary/aromatic N) is 2. The van der Waals surface area contributed by atoms with E-state index in [1.165, 1.54) is 5.56 Å². The Morgan fingerprint density at radius 3 is 2.44 bits per heavy atom. The lowest BCUT2D eigenvalue weighted by atomic mass is 9.81. The number of hydrogen-bond acceptors (Lipinski definition) is 5. The van der Waals surface area contributed by atoms with Crippen LogP contribution in [-0.4, -0.2) is 65.3 Å². The molecule has 6 nitrogen and oxygen atoms in total. The molecule has 3 heterocycles. The lowest BCUT2D eigenvalue weighted by Gasteiger charge is -2.25. The molecular formula is C21H26N2O4. The first-order valence-electron chi connectivity index (χ1n) is 9.45. The van der Waals surface area contributed by atoms with Gasteiger partial charge in [0.1, 0.15) is 11.5 Å². The highest BCUT2D eigenvalue weighted by Gasteiger charge is 2.57. The summed E-state index contributed by atoms with van der Waals surface area (Å²) < 4.78 is 5.66. The van der Waals surface area contributed by atoms with Crippen molar-refractivity contribution in [3.63, 3.8) is 0 Å². The number of rotatable bonds is 6. The van der Waals surface area contributed by atoms with Crippen LogP contribution in [0.1, 0.15) is 11.3 Å². The second-order valence-electron chi connectivity index (χ2n) is 7.89. The van der Waals surface area contributed by atoms with E-state index in [0.717, 1.165) is 36.7 Å². The van der Waals surface area contributed by atoms with Crippen LogP contribution in [-0.2, 0) is 11.3 Å². The number of benzene rings is 1. The minimum atomic E-state index is -0.709. The molecule has 2 aromatic rings. The molecule has 6 heteroatoms. The van der Waals surface area contributed by atoms with E-state index >= 15 is 0 Å². The van der Waals surface area contributed by atoms with Crippen LogP contribution < -0.4 is 0 Å². The van der Waals surface area contributed by atoms with E-state index in [0.29, 0.717) is 19.6 Å². The van der Waals surface area contributed by atoms with Crippen molar-refractivity contribution in [2.75, 3.05) is 39.3 Å². The number of aryl methyl sites for hydroxylation is 1. The molecule has 27 heavy (non-hydrogen) atoms. The first kappa shape index (κ1) is 18.2. The van der Waals surface area contributed by atoms with Gasteiger partial charge < -0.3 is 14.6 Å². The quantitative estimate of drug-likeness (QED) is 0.811. The lowest BCUT2D eigenvalue weighted by Crippen LogP contribution is -2.41. The average molecular weight is 370 g/mol. The molecule has 2 aliphatic rings. The monoisotopic (exact) mass is 370 g/mol. The van der Waals surface area contributed by atoms with Crippen LogP contribution >= 0.6 is 0 Å². The Hall–Kier alpha value is -2.15. The average Bonchev–Trinajstić information content (AvgIpc) is 3.29. The summed E-state index contributed by atoms with van der Waals surface area (Å²) in [6.07, 6.45) is 0. The number of furan rings is 1. The Labute approximate surface area is 159 Å².